The van der Waals surface area contributed by atoms with E-state index < -0.39 is 0 Å². The molecule has 0 bridgehead atoms. The van der Waals surface area contributed by atoms with Crippen molar-refractivity contribution in [2.24, 2.45) is 0 Å². The second-order valence-electron chi connectivity index (χ2n) is 6.84. The van der Waals surface area contributed by atoms with Crippen LogP contribution in [-0.4, -0.2) is 74.4 Å². The molecule has 1 aromatic rings. The van der Waals surface area contributed by atoms with Gasteiger partial charge < -0.3 is 14.5 Å². The number of anilines is 2. The van der Waals surface area contributed by atoms with E-state index in [0.29, 0.717) is 6.10 Å². The maximum absolute atomic E-state index is 5.86. The van der Waals surface area contributed by atoms with Gasteiger partial charge in [0.05, 0.1) is 6.10 Å². The van der Waals surface area contributed by atoms with Crippen LogP contribution in [0.3, 0.4) is 0 Å². The maximum atomic E-state index is 5.86. The summed E-state index contributed by atoms with van der Waals surface area (Å²) in [5, 5.41) is 0. The van der Waals surface area contributed by atoms with Gasteiger partial charge in [-0.1, -0.05) is 0 Å². The second-order valence-corrected chi connectivity index (χ2v) is 6.84. The molecule has 23 heavy (non-hydrogen) atoms. The van der Waals surface area contributed by atoms with Crippen LogP contribution in [-0.2, 0) is 4.74 Å². The van der Waals surface area contributed by atoms with Gasteiger partial charge >= 0.3 is 0 Å². The Hall–Kier alpha value is -1.40. The lowest BCUT2D eigenvalue weighted by atomic mass is 10.1. The van der Waals surface area contributed by atoms with Gasteiger partial charge in [0, 0.05) is 65.2 Å². The number of aromatic nitrogens is 2. The lowest BCUT2D eigenvalue weighted by Crippen LogP contribution is -2.49. The van der Waals surface area contributed by atoms with Crippen LogP contribution in [0.5, 0.6) is 0 Å². The van der Waals surface area contributed by atoms with Crippen molar-refractivity contribution in [3.63, 3.8) is 0 Å². The summed E-state index contributed by atoms with van der Waals surface area (Å²) in [6.07, 6.45) is 4.19. The van der Waals surface area contributed by atoms with Crippen LogP contribution in [0.4, 0.5) is 11.8 Å². The van der Waals surface area contributed by atoms with Crippen molar-refractivity contribution in [2.45, 2.75) is 32.3 Å². The molecule has 0 radical (unpaired) electrons. The summed E-state index contributed by atoms with van der Waals surface area (Å²) in [5.74, 6) is 1.84. The van der Waals surface area contributed by atoms with Gasteiger partial charge in [-0.25, -0.2) is 4.98 Å². The van der Waals surface area contributed by atoms with Crippen LogP contribution in [0, 0.1) is 6.92 Å². The molecule has 1 unspecified atom stereocenters. The van der Waals surface area contributed by atoms with Crippen LogP contribution < -0.4 is 9.80 Å². The molecule has 0 saturated carbocycles. The van der Waals surface area contributed by atoms with Gasteiger partial charge in [0.1, 0.15) is 5.82 Å². The zero-order valence-electron chi connectivity index (χ0n) is 14.7. The van der Waals surface area contributed by atoms with Gasteiger partial charge in [0.2, 0.25) is 5.95 Å². The van der Waals surface area contributed by atoms with Crippen LogP contribution in [0.1, 0.15) is 25.0 Å². The molecular weight excluding hydrogens is 290 g/mol. The average molecular weight is 319 g/mol. The molecule has 2 fully saturated rings. The van der Waals surface area contributed by atoms with Crippen molar-refractivity contribution in [1.82, 2.24) is 14.9 Å². The first-order chi connectivity index (χ1) is 11.1. The number of hydrogen-bond acceptors (Lipinski definition) is 6. The summed E-state index contributed by atoms with van der Waals surface area (Å²) in [6.45, 7) is 8.16. The average Bonchev–Trinajstić information content (AvgIpc) is 2.56. The fourth-order valence-corrected chi connectivity index (χ4v) is 3.28. The van der Waals surface area contributed by atoms with Crippen LogP contribution >= 0.6 is 0 Å². The summed E-state index contributed by atoms with van der Waals surface area (Å²) >= 11 is 0. The highest BCUT2D eigenvalue weighted by atomic mass is 16.5. The molecule has 128 valence electrons. The molecule has 2 aliphatic heterocycles. The van der Waals surface area contributed by atoms with Crippen LogP contribution in [0.25, 0.3) is 0 Å². The van der Waals surface area contributed by atoms with E-state index in [-0.39, 0.29) is 0 Å². The molecule has 2 aliphatic rings. The smallest absolute Gasteiger partial charge is 0.227 e. The topological polar surface area (TPSA) is 44.7 Å². The number of nitrogens with zero attached hydrogens (tertiary/aromatic N) is 5. The molecule has 0 spiro atoms. The molecule has 0 N–H and O–H groups in total. The quantitative estimate of drug-likeness (QED) is 0.839. The van der Waals surface area contributed by atoms with E-state index in [2.05, 4.69) is 14.8 Å². The third kappa shape index (κ3) is 4.32. The first-order valence-electron chi connectivity index (χ1n) is 8.74. The van der Waals surface area contributed by atoms with E-state index in [9.17, 15) is 0 Å². The van der Waals surface area contributed by atoms with E-state index in [4.69, 9.17) is 9.72 Å². The lowest BCUT2D eigenvalue weighted by Gasteiger charge is -2.37. The van der Waals surface area contributed by atoms with Gasteiger partial charge in [0.15, 0.2) is 0 Å². The minimum atomic E-state index is 0.436. The Kier molecular flexibility index (Phi) is 5.33. The molecule has 6 nitrogen and oxygen atoms in total. The Morgan fingerprint density at radius 1 is 1.17 bits per heavy atom. The highest BCUT2D eigenvalue weighted by Gasteiger charge is 2.23. The normalized spacial score (nSPS) is 23.1. The standard InChI is InChI=1S/C17H29N5O/c1-14-12-16(20(2)3)19-17(18-14)22-9-7-21(8-10-22)13-15-6-4-5-11-23-15/h12,15H,4-11,13H2,1-3H3. The third-order valence-corrected chi connectivity index (χ3v) is 4.68. The molecule has 0 aliphatic carbocycles. The molecule has 2 saturated heterocycles. The summed E-state index contributed by atoms with van der Waals surface area (Å²) in [6, 6.07) is 2.03. The molecule has 1 aromatic heterocycles. The minimum Gasteiger partial charge on any atom is -0.377 e. The van der Waals surface area contributed by atoms with Crippen LogP contribution in [0.15, 0.2) is 6.07 Å². The largest absolute Gasteiger partial charge is 0.377 e. The van der Waals surface area contributed by atoms with Crippen LogP contribution in [0.2, 0.25) is 0 Å². The number of hydrogen-bond donors (Lipinski definition) is 0. The van der Waals surface area contributed by atoms with Gasteiger partial charge in [-0.05, 0) is 26.2 Å². The molecular formula is C17H29N5O. The predicted octanol–water partition coefficient (Wildman–Crippen LogP) is 1.54. The molecule has 3 rings (SSSR count). The molecule has 0 amide bonds. The van der Waals surface area contributed by atoms with E-state index in [0.717, 1.165) is 56.8 Å². The fraction of sp³-hybridized carbons (Fsp3) is 0.765. The summed E-state index contributed by atoms with van der Waals surface area (Å²) in [5.41, 5.74) is 1.02. The second kappa shape index (κ2) is 7.45. The van der Waals surface area contributed by atoms with Gasteiger partial charge in [-0.3, -0.25) is 4.90 Å². The Bertz CT molecular complexity index is 508. The van der Waals surface area contributed by atoms with Crippen molar-refractivity contribution in [2.75, 3.05) is 63.2 Å². The Morgan fingerprint density at radius 3 is 2.61 bits per heavy atom. The molecule has 3 heterocycles. The highest BCUT2D eigenvalue weighted by Crippen LogP contribution is 2.19. The van der Waals surface area contributed by atoms with E-state index >= 15 is 0 Å². The van der Waals surface area contributed by atoms with Crippen molar-refractivity contribution < 1.29 is 4.74 Å². The van der Waals surface area contributed by atoms with E-state index in [1.165, 1.54) is 19.3 Å². The first-order valence-corrected chi connectivity index (χ1v) is 8.74. The van der Waals surface area contributed by atoms with Gasteiger partial charge in [0.25, 0.3) is 0 Å². The summed E-state index contributed by atoms with van der Waals surface area (Å²) in [7, 11) is 4.04. The van der Waals surface area contributed by atoms with Gasteiger partial charge in [-0.2, -0.15) is 4.98 Å². The zero-order valence-corrected chi connectivity index (χ0v) is 14.7. The van der Waals surface area contributed by atoms with Crippen molar-refractivity contribution in [1.29, 1.82) is 0 Å². The molecule has 1 atom stereocenters. The monoisotopic (exact) mass is 319 g/mol. The third-order valence-electron chi connectivity index (χ3n) is 4.68. The Balaban J connectivity index is 1.56. The SMILES string of the molecule is Cc1cc(N(C)C)nc(N2CCN(CC3CCCCO3)CC2)n1. The highest BCUT2D eigenvalue weighted by molar-refractivity contribution is 5.45. The Labute approximate surface area is 139 Å². The number of ether oxygens (including phenoxy) is 1. The summed E-state index contributed by atoms with van der Waals surface area (Å²) in [4.78, 5) is 16.2. The molecule has 6 heteroatoms. The first kappa shape index (κ1) is 16.5. The van der Waals surface area contributed by atoms with E-state index in [1.807, 2.05) is 32.0 Å². The molecule has 0 aromatic carbocycles. The van der Waals surface area contributed by atoms with Gasteiger partial charge in [-0.15, -0.1) is 0 Å². The summed E-state index contributed by atoms with van der Waals surface area (Å²) < 4.78 is 5.86. The van der Waals surface area contributed by atoms with E-state index in [1.54, 1.807) is 0 Å². The Morgan fingerprint density at radius 2 is 1.96 bits per heavy atom. The lowest BCUT2D eigenvalue weighted by molar-refractivity contribution is -0.00648. The van der Waals surface area contributed by atoms with Crippen molar-refractivity contribution in [3.05, 3.63) is 11.8 Å². The number of rotatable bonds is 4. The minimum absolute atomic E-state index is 0.436. The predicted molar refractivity (Wildman–Crippen MR) is 93.3 cm³/mol. The van der Waals surface area contributed by atoms with Crippen molar-refractivity contribution >= 4 is 11.8 Å². The fourth-order valence-electron chi connectivity index (χ4n) is 3.28. The maximum Gasteiger partial charge on any atom is 0.227 e. The number of piperazine rings is 1. The van der Waals surface area contributed by atoms with Crippen molar-refractivity contribution in [3.8, 4) is 0 Å². The number of aryl methyl sites for hydroxylation is 1. The zero-order chi connectivity index (χ0) is 16.2.